The predicted molar refractivity (Wildman–Crippen MR) is 157 cm³/mol. The first kappa shape index (κ1) is 27.3. The average Bonchev–Trinajstić information content (AvgIpc) is 3.38. The number of fused-ring (bicyclic) bond motifs is 1. The molecule has 5 aromatic rings. The van der Waals surface area contributed by atoms with Crippen molar-refractivity contribution < 1.29 is 18.7 Å². The zero-order valence-electron chi connectivity index (χ0n) is 21.6. The number of hydrogen-bond donors (Lipinski definition) is 1. The summed E-state index contributed by atoms with van der Waals surface area (Å²) in [7, 11) is 0. The minimum Gasteiger partial charge on any atom is -0.462 e. The lowest BCUT2D eigenvalue weighted by atomic mass is 10.1. The van der Waals surface area contributed by atoms with Gasteiger partial charge in [-0.2, -0.15) is 0 Å². The Balaban J connectivity index is 1.47. The number of thioether (sulfide) groups is 1. The molecule has 0 aliphatic carbocycles. The van der Waals surface area contributed by atoms with E-state index < -0.39 is 17.0 Å². The molecule has 1 atom stereocenters. The van der Waals surface area contributed by atoms with Crippen molar-refractivity contribution in [3.05, 3.63) is 107 Å². The molecule has 2 heterocycles. The van der Waals surface area contributed by atoms with Crippen molar-refractivity contribution in [3.8, 4) is 16.1 Å². The van der Waals surface area contributed by atoms with E-state index in [9.17, 15) is 18.8 Å². The molecule has 0 unspecified atom stereocenters. The number of hydrogen-bond acceptors (Lipinski definition) is 7. The summed E-state index contributed by atoms with van der Waals surface area (Å²) in [6.45, 7) is 3.60. The summed E-state index contributed by atoms with van der Waals surface area (Å²) in [6.07, 6.45) is 0. The van der Waals surface area contributed by atoms with Gasteiger partial charge in [0.05, 0.1) is 34.0 Å². The number of nitrogens with zero attached hydrogens (tertiary/aromatic N) is 2. The van der Waals surface area contributed by atoms with Gasteiger partial charge in [-0.05, 0) is 61.9 Å². The van der Waals surface area contributed by atoms with E-state index in [4.69, 9.17) is 4.74 Å². The number of anilines is 1. The normalized spacial score (nSPS) is 11.8. The lowest BCUT2D eigenvalue weighted by Gasteiger charge is -2.16. The molecule has 202 valence electrons. The Morgan fingerprint density at radius 1 is 1.05 bits per heavy atom. The van der Waals surface area contributed by atoms with Gasteiger partial charge in [-0.3, -0.25) is 14.2 Å². The SMILES string of the molecule is CCOC(=O)c1cc(-c2ccccc2)sc1NC(=O)[C@H](C)Sc1nc2ccccc2c(=O)n1-c1ccc(F)cc1. The van der Waals surface area contributed by atoms with Gasteiger partial charge in [0.2, 0.25) is 5.91 Å². The molecule has 5 rings (SSSR count). The number of para-hydroxylation sites is 1. The van der Waals surface area contributed by atoms with Gasteiger partial charge in [0, 0.05) is 4.88 Å². The van der Waals surface area contributed by atoms with Crippen LogP contribution in [0.1, 0.15) is 24.2 Å². The maximum atomic E-state index is 13.6. The minimum absolute atomic E-state index is 0.198. The van der Waals surface area contributed by atoms with E-state index in [0.717, 1.165) is 22.2 Å². The second-order valence-electron chi connectivity index (χ2n) is 8.72. The minimum atomic E-state index is -0.711. The summed E-state index contributed by atoms with van der Waals surface area (Å²) in [4.78, 5) is 45.0. The third-order valence-corrected chi connectivity index (χ3v) is 8.16. The fourth-order valence-electron chi connectivity index (χ4n) is 4.02. The molecule has 0 bridgehead atoms. The van der Waals surface area contributed by atoms with Crippen molar-refractivity contribution in [2.24, 2.45) is 0 Å². The van der Waals surface area contributed by atoms with Crippen LogP contribution in [0.4, 0.5) is 9.39 Å². The highest BCUT2D eigenvalue weighted by Crippen LogP contribution is 2.36. The lowest BCUT2D eigenvalue weighted by molar-refractivity contribution is -0.115. The number of carbonyl (C=O) groups excluding carboxylic acids is 2. The lowest BCUT2D eigenvalue weighted by Crippen LogP contribution is -2.26. The first-order valence-electron chi connectivity index (χ1n) is 12.5. The molecule has 1 N–H and O–H groups in total. The van der Waals surface area contributed by atoms with Crippen molar-refractivity contribution in [2.45, 2.75) is 24.3 Å². The highest BCUT2D eigenvalue weighted by molar-refractivity contribution is 8.00. The number of ether oxygens (including phenoxy) is 1. The number of carbonyl (C=O) groups is 2. The van der Waals surface area contributed by atoms with Crippen LogP contribution in [-0.2, 0) is 9.53 Å². The number of halogens is 1. The van der Waals surface area contributed by atoms with E-state index in [1.165, 1.54) is 40.2 Å². The molecule has 0 saturated heterocycles. The molecule has 0 spiro atoms. The molecule has 0 saturated carbocycles. The summed E-state index contributed by atoms with van der Waals surface area (Å²) in [5, 5.41) is 3.21. The van der Waals surface area contributed by atoms with Gasteiger partial charge in [-0.1, -0.05) is 54.2 Å². The van der Waals surface area contributed by atoms with Crippen LogP contribution in [0.3, 0.4) is 0 Å². The number of nitrogens with one attached hydrogen (secondary N) is 1. The highest BCUT2D eigenvalue weighted by Gasteiger charge is 2.24. The summed E-state index contributed by atoms with van der Waals surface area (Å²) in [5.74, 6) is -1.35. The second kappa shape index (κ2) is 11.8. The van der Waals surface area contributed by atoms with Crippen LogP contribution in [0.2, 0.25) is 0 Å². The van der Waals surface area contributed by atoms with Gasteiger partial charge in [0.15, 0.2) is 5.16 Å². The zero-order chi connectivity index (χ0) is 28.2. The molecule has 2 aromatic heterocycles. The van der Waals surface area contributed by atoms with E-state index in [1.54, 1.807) is 44.2 Å². The van der Waals surface area contributed by atoms with Crippen molar-refractivity contribution in [2.75, 3.05) is 11.9 Å². The molecule has 7 nitrogen and oxygen atoms in total. The van der Waals surface area contributed by atoms with Gasteiger partial charge < -0.3 is 10.1 Å². The zero-order valence-corrected chi connectivity index (χ0v) is 23.2. The van der Waals surface area contributed by atoms with Crippen LogP contribution in [0.25, 0.3) is 27.0 Å². The third kappa shape index (κ3) is 5.68. The van der Waals surface area contributed by atoms with E-state index >= 15 is 0 Å². The Labute approximate surface area is 237 Å². The molecule has 1 amide bonds. The van der Waals surface area contributed by atoms with Gasteiger partial charge in [0.25, 0.3) is 5.56 Å². The van der Waals surface area contributed by atoms with Gasteiger partial charge in [0.1, 0.15) is 10.8 Å². The number of rotatable bonds is 8. The first-order chi connectivity index (χ1) is 19.4. The second-order valence-corrected chi connectivity index (χ2v) is 11.1. The summed E-state index contributed by atoms with van der Waals surface area (Å²) < 4.78 is 20.2. The molecular weight excluding hydrogens is 549 g/mol. The monoisotopic (exact) mass is 573 g/mol. The fourth-order valence-corrected chi connectivity index (χ4v) is 6.00. The van der Waals surface area contributed by atoms with Crippen LogP contribution in [0.5, 0.6) is 0 Å². The van der Waals surface area contributed by atoms with Crippen LogP contribution in [0.15, 0.2) is 94.9 Å². The molecule has 3 aromatic carbocycles. The number of aromatic nitrogens is 2. The van der Waals surface area contributed by atoms with Crippen molar-refractivity contribution in [1.82, 2.24) is 9.55 Å². The van der Waals surface area contributed by atoms with E-state index in [1.807, 2.05) is 30.3 Å². The quantitative estimate of drug-likeness (QED) is 0.129. The van der Waals surface area contributed by atoms with Crippen molar-refractivity contribution >= 4 is 50.9 Å². The summed E-state index contributed by atoms with van der Waals surface area (Å²) in [5.41, 5.74) is 1.75. The number of benzene rings is 3. The smallest absolute Gasteiger partial charge is 0.341 e. The Kier molecular flexibility index (Phi) is 8.09. The van der Waals surface area contributed by atoms with E-state index in [-0.39, 0.29) is 28.8 Å². The Morgan fingerprint density at radius 3 is 2.48 bits per heavy atom. The van der Waals surface area contributed by atoms with Crippen LogP contribution in [-0.4, -0.2) is 33.3 Å². The average molecular weight is 574 g/mol. The summed E-state index contributed by atoms with van der Waals surface area (Å²) in [6, 6.07) is 23.7. The van der Waals surface area contributed by atoms with Gasteiger partial charge >= 0.3 is 5.97 Å². The molecule has 40 heavy (non-hydrogen) atoms. The van der Waals surface area contributed by atoms with Crippen LogP contribution in [0, 0.1) is 5.82 Å². The van der Waals surface area contributed by atoms with Crippen LogP contribution < -0.4 is 10.9 Å². The topological polar surface area (TPSA) is 90.3 Å². The van der Waals surface area contributed by atoms with Gasteiger partial charge in [-0.15, -0.1) is 11.3 Å². The first-order valence-corrected chi connectivity index (χ1v) is 14.2. The Hall–Kier alpha value is -4.28. The maximum Gasteiger partial charge on any atom is 0.341 e. The van der Waals surface area contributed by atoms with Gasteiger partial charge in [-0.25, -0.2) is 14.2 Å². The van der Waals surface area contributed by atoms with E-state index in [0.29, 0.717) is 21.6 Å². The largest absolute Gasteiger partial charge is 0.462 e. The standard InChI is InChI=1S/C30H24FN3O4S2/c1-3-38-29(37)23-17-25(19-9-5-4-6-10-19)40-27(23)33-26(35)18(2)39-30-32-24-12-8-7-11-22(24)28(36)34(30)21-15-13-20(31)14-16-21/h4-18H,3H2,1-2H3,(H,33,35)/t18-/m0/s1. The Morgan fingerprint density at radius 2 is 1.75 bits per heavy atom. The molecular formula is C30H24FN3O4S2. The predicted octanol–water partition coefficient (Wildman–Crippen LogP) is 6.55. The highest BCUT2D eigenvalue weighted by atomic mass is 32.2. The summed E-state index contributed by atoms with van der Waals surface area (Å²) >= 11 is 2.36. The number of esters is 1. The number of amides is 1. The molecule has 0 fully saturated rings. The van der Waals surface area contributed by atoms with Crippen LogP contribution >= 0.6 is 23.1 Å². The Bertz CT molecular complexity index is 1750. The van der Waals surface area contributed by atoms with Crippen molar-refractivity contribution in [1.29, 1.82) is 0 Å². The maximum absolute atomic E-state index is 13.6. The molecule has 0 aliphatic heterocycles. The molecule has 10 heteroatoms. The van der Waals surface area contributed by atoms with Crippen molar-refractivity contribution in [3.63, 3.8) is 0 Å². The number of thiophene rings is 1. The molecule has 0 radical (unpaired) electrons. The third-order valence-electron chi connectivity index (χ3n) is 6.00. The fraction of sp³-hybridized carbons (Fsp3) is 0.133. The molecule has 0 aliphatic rings. The van der Waals surface area contributed by atoms with E-state index in [2.05, 4.69) is 10.3 Å².